The number of benzene rings is 2. The van der Waals surface area contributed by atoms with Crippen molar-refractivity contribution in [2.45, 2.75) is 51.8 Å². The fourth-order valence-electron chi connectivity index (χ4n) is 4.96. The van der Waals surface area contributed by atoms with Crippen LogP contribution in [0.2, 0.25) is 0 Å². The Morgan fingerprint density at radius 3 is 2.66 bits per heavy atom. The number of aryl methyl sites for hydroxylation is 2. The molecule has 1 aromatic heterocycles. The number of carbonyl (C=O) groups excluding carboxylic acids is 2. The Morgan fingerprint density at radius 1 is 1.14 bits per heavy atom. The smallest absolute Gasteiger partial charge is 0.295 e. The van der Waals surface area contributed by atoms with Gasteiger partial charge in [0.25, 0.3) is 11.7 Å². The number of carbonyl (C=O) groups is 2. The molecule has 2 aliphatic heterocycles. The van der Waals surface area contributed by atoms with Crippen LogP contribution in [0.15, 0.2) is 66.8 Å². The Morgan fingerprint density at radius 2 is 1.94 bits per heavy atom. The number of Topliss-reactive ketones (excluding diaryl/α,β-unsaturated/α-hetero) is 1. The van der Waals surface area contributed by atoms with E-state index < -0.39 is 17.7 Å². The minimum absolute atomic E-state index is 0.0700. The maximum atomic E-state index is 13.3. The lowest BCUT2D eigenvalue weighted by Gasteiger charge is -2.25. The Bertz CT molecular complexity index is 1280. The number of rotatable bonds is 7. The molecular weight excluding hydrogens is 442 g/mol. The maximum absolute atomic E-state index is 13.3. The average Bonchev–Trinajstić information content (AvgIpc) is 3.57. The van der Waals surface area contributed by atoms with Crippen molar-refractivity contribution in [1.82, 2.24) is 14.5 Å². The van der Waals surface area contributed by atoms with E-state index in [1.807, 2.05) is 54.1 Å². The second kappa shape index (κ2) is 9.41. The number of aliphatic hydroxyl groups is 1. The molecule has 1 amide bonds. The van der Waals surface area contributed by atoms with Crippen molar-refractivity contribution in [2.75, 3.05) is 6.54 Å². The first-order chi connectivity index (χ1) is 17.0. The minimum Gasteiger partial charge on any atom is -0.507 e. The van der Waals surface area contributed by atoms with Gasteiger partial charge in [0.1, 0.15) is 17.6 Å². The van der Waals surface area contributed by atoms with Crippen LogP contribution >= 0.6 is 0 Å². The van der Waals surface area contributed by atoms with Gasteiger partial charge in [-0.15, -0.1) is 0 Å². The summed E-state index contributed by atoms with van der Waals surface area (Å²) in [5, 5.41) is 11.4. The predicted octanol–water partition coefficient (Wildman–Crippen LogP) is 4.28. The summed E-state index contributed by atoms with van der Waals surface area (Å²) in [6, 6.07) is 12.7. The van der Waals surface area contributed by atoms with Crippen LogP contribution in [0.5, 0.6) is 5.75 Å². The summed E-state index contributed by atoms with van der Waals surface area (Å²) in [7, 11) is 0. The highest BCUT2D eigenvalue weighted by Crippen LogP contribution is 2.40. The van der Waals surface area contributed by atoms with E-state index in [0.29, 0.717) is 25.1 Å². The van der Waals surface area contributed by atoms with Gasteiger partial charge in [-0.25, -0.2) is 4.98 Å². The summed E-state index contributed by atoms with van der Waals surface area (Å²) < 4.78 is 7.72. The van der Waals surface area contributed by atoms with Gasteiger partial charge >= 0.3 is 0 Å². The van der Waals surface area contributed by atoms with Gasteiger partial charge in [0.2, 0.25) is 0 Å². The Balaban J connectivity index is 1.53. The number of imidazole rings is 1. The van der Waals surface area contributed by atoms with E-state index in [-0.39, 0.29) is 17.4 Å². The summed E-state index contributed by atoms with van der Waals surface area (Å²) in [6.45, 7) is 5.13. The van der Waals surface area contributed by atoms with Gasteiger partial charge in [-0.3, -0.25) is 9.59 Å². The van der Waals surface area contributed by atoms with E-state index in [1.54, 1.807) is 23.5 Å². The van der Waals surface area contributed by atoms with Crippen molar-refractivity contribution in [1.29, 1.82) is 0 Å². The molecule has 0 spiro atoms. The molecule has 7 heteroatoms. The summed E-state index contributed by atoms with van der Waals surface area (Å²) >= 11 is 0. The van der Waals surface area contributed by atoms with Crippen LogP contribution in [0.1, 0.15) is 48.6 Å². The quantitative estimate of drug-likeness (QED) is 0.316. The molecule has 3 heterocycles. The van der Waals surface area contributed by atoms with E-state index in [9.17, 15) is 14.7 Å². The van der Waals surface area contributed by atoms with E-state index in [4.69, 9.17) is 4.74 Å². The number of ketones is 1. The van der Waals surface area contributed by atoms with Crippen LogP contribution < -0.4 is 4.74 Å². The normalized spacial score (nSPS) is 20.8. The lowest BCUT2D eigenvalue weighted by molar-refractivity contribution is -0.139. The highest BCUT2D eigenvalue weighted by Gasteiger charge is 2.45. The van der Waals surface area contributed by atoms with Gasteiger partial charge in [-0.2, -0.15) is 0 Å². The van der Waals surface area contributed by atoms with Gasteiger partial charge in [-0.05, 0) is 54.7 Å². The van der Waals surface area contributed by atoms with Crippen LogP contribution in [0.4, 0.5) is 0 Å². The Hall–Kier alpha value is -3.87. The molecule has 7 nitrogen and oxygen atoms in total. The third-order valence-electron chi connectivity index (χ3n) is 6.79. The Labute approximate surface area is 204 Å². The predicted molar refractivity (Wildman–Crippen MR) is 132 cm³/mol. The molecule has 2 atom stereocenters. The van der Waals surface area contributed by atoms with Crippen molar-refractivity contribution >= 4 is 17.4 Å². The van der Waals surface area contributed by atoms with Gasteiger partial charge in [0.05, 0.1) is 17.9 Å². The number of hydrogen-bond donors (Lipinski definition) is 1. The van der Waals surface area contributed by atoms with Gasteiger partial charge in [-0.1, -0.05) is 31.2 Å². The van der Waals surface area contributed by atoms with Crippen molar-refractivity contribution < 1.29 is 19.4 Å². The molecule has 1 N–H and O–H groups in total. The monoisotopic (exact) mass is 471 g/mol. The standard InChI is InChI=1S/C28H29N3O4/c1-3-19-5-7-20(8-6-19)25-24(26(32)21-9-10-23-22(16-21)15-18(2)35-23)27(33)28(34)31(25)13-4-12-30-14-11-29-17-30/h5-11,14,16-18,25,32H,3-4,12-13,15H2,1-2H3. The third-order valence-corrected chi connectivity index (χ3v) is 6.79. The maximum Gasteiger partial charge on any atom is 0.295 e. The lowest BCUT2D eigenvalue weighted by Crippen LogP contribution is -2.31. The molecule has 2 unspecified atom stereocenters. The van der Waals surface area contributed by atoms with Gasteiger partial charge in [0, 0.05) is 37.5 Å². The molecule has 0 aliphatic carbocycles. The summed E-state index contributed by atoms with van der Waals surface area (Å²) in [6.07, 6.45) is 7.66. The molecule has 1 fully saturated rings. The molecule has 5 rings (SSSR count). The van der Waals surface area contributed by atoms with Crippen molar-refractivity contribution in [3.05, 3.63) is 89.0 Å². The first-order valence-corrected chi connectivity index (χ1v) is 12.1. The molecule has 0 radical (unpaired) electrons. The average molecular weight is 472 g/mol. The molecule has 180 valence electrons. The number of nitrogens with zero attached hydrogens (tertiary/aromatic N) is 3. The molecule has 35 heavy (non-hydrogen) atoms. The molecule has 2 aliphatic rings. The van der Waals surface area contributed by atoms with E-state index in [2.05, 4.69) is 11.9 Å². The lowest BCUT2D eigenvalue weighted by atomic mass is 9.93. The molecule has 0 saturated carbocycles. The number of fused-ring (bicyclic) bond motifs is 1. The summed E-state index contributed by atoms with van der Waals surface area (Å²) in [5.74, 6) is -0.590. The summed E-state index contributed by atoms with van der Waals surface area (Å²) in [4.78, 5) is 32.1. The zero-order valence-corrected chi connectivity index (χ0v) is 20.0. The number of amides is 1. The fraction of sp³-hybridized carbons (Fsp3) is 0.321. The van der Waals surface area contributed by atoms with Crippen LogP contribution in [0, 0.1) is 0 Å². The van der Waals surface area contributed by atoms with E-state index in [0.717, 1.165) is 29.7 Å². The topological polar surface area (TPSA) is 84.7 Å². The first kappa shape index (κ1) is 22.9. The van der Waals surface area contributed by atoms with Gasteiger partial charge in [0.15, 0.2) is 0 Å². The number of ether oxygens (including phenoxy) is 1. The number of hydrogen-bond acceptors (Lipinski definition) is 5. The SMILES string of the molecule is CCc1ccc(C2C(=C(O)c3ccc4c(c3)CC(C)O4)C(=O)C(=O)N2CCCn2ccnc2)cc1. The fourth-order valence-corrected chi connectivity index (χ4v) is 4.96. The minimum atomic E-state index is -0.653. The van der Waals surface area contributed by atoms with Crippen LogP contribution in [-0.4, -0.2) is 43.9 Å². The number of aromatic nitrogens is 2. The second-order valence-electron chi connectivity index (χ2n) is 9.20. The largest absolute Gasteiger partial charge is 0.507 e. The van der Waals surface area contributed by atoms with Crippen molar-refractivity contribution in [3.8, 4) is 5.75 Å². The molecule has 1 saturated heterocycles. The summed E-state index contributed by atoms with van der Waals surface area (Å²) in [5.41, 5.74) is 3.61. The molecule has 0 bridgehead atoms. The zero-order valence-electron chi connectivity index (χ0n) is 20.0. The van der Waals surface area contributed by atoms with Crippen LogP contribution in [0.25, 0.3) is 5.76 Å². The van der Waals surface area contributed by atoms with Crippen molar-refractivity contribution in [2.24, 2.45) is 0 Å². The molecule has 3 aromatic rings. The second-order valence-corrected chi connectivity index (χ2v) is 9.20. The van der Waals surface area contributed by atoms with E-state index in [1.165, 1.54) is 5.56 Å². The number of aliphatic hydroxyl groups excluding tert-OH is 1. The van der Waals surface area contributed by atoms with Crippen molar-refractivity contribution in [3.63, 3.8) is 0 Å². The van der Waals surface area contributed by atoms with Crippen LogP contribution in [0.3, 0.4) is 0 Å². The van der Waals surface area contributed by atoms with Crippen LogP contribution in [-0.2, 0) is 29.0 Å². The van der Waals surface area contributed by atoms with Gasteiger partial charge < -0.3 is 19.3 Å². The first-order valence-electron chi connectivity index (χ1n) is 12.1. The number of likely N-dealkylation sites (tertiary alicyclic amines) is 1. The molecular formula is C28H29N3O4. The Kier molecular flexibility index (Phi) is 6.16. The zero-order chi connectivity index (χ0) is 24.5. The highest BCUT2D eigenvalue weighted by molar-refractivity contribution is 6.46. The highest BCUT2D eigenvalue weighted by atomic mass is 16.5. The third kappa shape index (κ3) is 4.34. The molecule has 2 aromatic carbocycles. The van der Waals surface area contributed by atoms with E-state index >= 15 is 0 Å².